The van der Waals surface area contributed by atoms with Crippen LogP contribution in [0.25, 0.3) is 10.8 Å². The van der Waals surface area contributed by atoms with E-state index in [-0.39, 0.29) is 46.9 Å². The minimum atomic E-state index is -1.43. The van der Waals surface area contributed by atoms with Crippen LogP contribution in [0.15, 0.2) is 27.5 Å². The number of carbonyl (C=O) groups excluding carboxylic acids is 2. The molecule has 11 heteroatoms. The van der Waals surface area contributed by atoms with Gasteiger partial charge >= 0.3 is 35.7 Å². The van der Waals surface area contributed by atoms with Crippen LogP contribution in [-0.2, 0) is 16.1 Å². The van der Waals surface area contributed by atoms with Crippen molar-refractivity contribution in [3.05, 3.63) is 33.0 Å². The van der Waals surface area contributed by atoms with E-state index in [4.69, 9.17) is 9.47 Å². The average molecular weight is 476 g/mol. The summed E-state index contributed by atoms with van der Waals surface area (Å²) in [5.74, 6) is -1.32. The fourth-order valence-corrected chi connectivity index (χ4v) is 3.05. The normalized spacial score (nSPS) is 14.1. The number of carboxylic acid groups (broad SMARTS) is 1. The molecule has 2 aromatic rings. The van der Waals surface area contributed by atoms with Crippen molar-refractivity contribution in [3.8, 4) is 5.88 Å². The Hall–Kier alpha value is -1.62. The third-order valence-electron chi connectivity index (χ3n) is 3.95. The van der Waals surface area contributed by atoms with Gasteiger partial charge in [0, 0.05) is 4.47 Å². The Morgan fingerprint density at radius 3 is 2.52 bits per heavy atom. The summed E-state index contributed by atoms with van der Waals surface area (Å²) in [6, 6.07) is 4.91. The molecule has 1 aromatic heterocycles. The molecule has 0 unspecified atom stereocenters. The van der Waals surface area contributed by atoms with Crippen LogP contribution in [0, 0.1) is 0 Å². The van der Waals surface area contributed by atoms with Gasteiger partial charge in [-0.2, -0.15) is 0 Å². The molecular weight excluding hydrogens is 457 g/mol. The molecule has 0 bridgehead atoms. The maximum Gasteiger partial charge on any atom is 1.00 e. The van der Waals surface area contributed by atoms with E-state index < -0.39 is 29.8 Å². The van der Waals surface area contributed by atoms with Crippen LogP contribution in [0.5, 0.6) is 5.88 Å². The van der Waals surface area contributed by atoms with E-state index in [2.05, 4.69) is 21.0 Å². The van der Waals surface area contributed by atoms with Gasteiger partial charge in [-0.25, -0.2) is 9.48 Å². The second kappa shape index (κ2) is 9.03. The Labute approximate surface area is 197 Å². The van der Waals surface area contributed by atoms with Gasteiger partial charge in [0.2, 0.25) is 5.88 Å². The first-order valence-corrected chi connectivity index (χ1v) is 9.37. The number of benzene rings is 1. The van der Waals surface area contributed by atoms with Crippen molar-refractivity contribution < 1.29 is 53.7 Å². The van der Waals surface area contributed by atoms with Crippen molar-refractivity contribution in [1.29, 1.82) is 0 Å². The molecule has 2 heterocycles. The molecule has 1 aliphatic heterocycles. The molecule has 1 fully saturated rings. The van der Waals surface area contributed by atoms with Crippen molar-refractivity contribution in [2.75, 3.05) is 13.1 Å². The second-order valence-electron chi connectivity index (χ2n) is 7.46. The molecule has 0 saturated carbocycles. The van der Waals surface area contributed by atoms with Crippen molar-refractivity contribution in [1.82, 2.24) is 14.7 Å². The van der Waals surface area contributed by atoms with E-state index in [1.165, 1.54) is 4.90 Å². The molecule has 0 spiro atoms. The van der Waals surface area contributed by atoms with Crippen LogP contribution in [0.3, 0.4) is 0 Å². The van der Waals surface area contributed by atoms with Gasteiger partial charge in [-0.3, -0.25) is 4.79 Å². The predicted octanol–water partition coefficient (Wildman–Crippen LogP) is -2.09. The van der Waals surface area contributed by atoms with Crippen LogP contribution < -0.4 is 45.0 Å². The summed E-state index contributed by atoms with van der Waals surface area (Å²) in [6.45, 7) is 5.26. The molecule has 3 rings (SSSR count). The summed E-state index contributed by atoms with van der Waals surface area (Å²) < 4.78 is 12.7. The Bertz CT molecular complexity index is 997. The monoisotopic (exact) mass is 475 g/mol. The van der Waals surface area contributed by atoms with Crippen molar-refractivity contribution in [3.63, 3.8) is 0 Å². The fourth-order valence-electron chi connectivity index (χ4n) is 2.69. The number of fused-ring (bicyclic) bond motifs is 1. The fraction of sp³-hybridized carbons (Fsp3) is 0.444. The molecule has 0 atom stereocenters. The minimum absolute atomic E-state index is 0. The Morgan fingerprint density at radius 2 is 1.93 bits per heavy atom. The molecular formula is C18H19BrN3NaO6. The van der Waals surface area contributed by atoms with Gasteiger partial charge in [-0.15, -0.1) is 5.10 Å². The molecule has 150 valence electrons. The standard InChI is InChI=1S/C18H20BrN3O6.Na/c1-18(2,3)28-17(26)21-7-11(8-21)27-15-13-6-10(19)4-5-12(13)16(25)22(20-15)9-14(23)24;/h4-6,11H,7-9H2,1-3H3,(H,23,24);/q;+1/p-1. The van der Waals surface area contributed by atoms with Gasteiger partial charge in [0.1, 0.15) is 11.7 Å². The zero-order chi connectivity index (χ0) is 20.6. The van der Waals surface area contributed by atoms with E-state index in [0.29, 0.717) is 22.9 Å². The Morgan fingerprint density at radius 1 is 1.28 bits per heavy atom. The first-order chi connectivity index (χ1) is 13.0. The number of halogens is 1. The maximum absolute atomic E-state index is 12.4. The molecule has 0 aliphatic carbocycles. The number of hydrogen-bond donors (Lipinski definition) is 0. The van der Waals surface area contributed by atoms with E-state index >= 15 is 0 Å². The molecule has 9 nitrogen and oxygen atoms in total. The first kappa shape index (κ1) is 23.7. The summed E-state index contributed by atoms with van der Waals surface area (Å²) in [6.07, 6.45) is -0.786. The number of aliphatic carboxylic acids is 1. The third kappa shape index (κ3) is 5.71. The zero-order valence-electron chi connectivity index (χ0n) is 16.6. The summed E-state index contributed by atoms with van der Waals surface area (Å²) in [7, 11) is 0. The number of nitrogens with zero attached hydrogens (tertiary/aromatic N) is 3. The average Bonchev–Trinajstić information content (AvgIpc) is 2.51. The molecule has 0 radical (unpaired) electrons. The summed E-state index contributed by atoms with van der Waals surface area (Å²) in [5.41, 5.74) is -1.14. The molecule has 29 heavy (non-hydrogen) atoms. The van der Waals surface area contributed by atoms with Crippen LogP contribution in [-0.4, -0.2) is 51.5 Å². The van der Waals surface area contributed by atoms with Gasteiger partial charge in [0.25, 0.3) is 5.56 Å². The van der Waals surface area contributed by atoms with Crippen LogP contribution in [0.1, 0.15) is 20.8 Å². The number of aromatic nitrogens is 2. The number of ether oxygens (including phenoxy) is 2. The molecule has 0 N–H and O–H groups in total. The largest absolute Gasteiger partial charge is 1.00 e. The Balaban J connectivity index is 0.00000300. The van der Waals surface area contributed by atoms with Crippen LogP contribution in [0.4, 0.5) is 4.79 Å². The number of likely N-dealkylation sites (tertiary alicyclic amines) is 1. The zero-order valence-corrected chi connectivity index (χ0v) is 20.2. The topological polar surface area (TPSA) is 114 Å². The van der Waals surface area contributed by atoms with E-state index in [9.17, 15) is 19.5 Å². The number of carbonyl (C=O) groups is 2. The third-order valence-corrected chi connectivity index (χ3v) is 4.44. The Kier molecular flexibility index (Phi) is 7.37. The van der Waals surface area contributed by atoms with E-state index in [1.54, 1.807) is 39.0 Å². The number of carboxylic acids is 1. The minimum Gasteiger partial charge on any atom is -0.548 e. The summed E-state index contributed by atoms with van der Waals surface area (Å²) in [5, 5.41) is 15.7. The molecule has 1 amide bonds. The number of amides is 1. The van der Waals surface area contributed by atoms with Crippen molar-refractivity contribution in [2.45, 2.75) is 39.0 Å². The quantitative estimate of drug-likeness (QED) is 0.465. The molecule has 1 saturated heterocycles. The van der Waals surface area contributed by atoms with Crippen LogP contribution in [0.2, 0.25) is 0 Å². The smallest absolute Gasteiger partial charge is 0.548 e. The van der Waals surface area contributed by atoms with Crippen molar-refractivity contribution in [2.24, 2.45) is 0 Å². The van der Waals surface area contributed by atoms with Gasteiger partial charge in [0.05, 0.1) is 36.4 Å². The van der Waals surface area contributed by atoms with Gasteiger partial charge in [0.15, 0.2) is 0 Å². The van der Waals surface area contributed by atoms with Gasteiger partial charge in [-0.1, -0.05) is 15.9 Å². The molecule has 1 aliphatic rings. The van der Waals surface area contributed by atoms with E-state index in [0.717, 1.165) is 4.68 Å². The van der Waals surface area contributed by atoms with Crippen LogP contribution >= 0.6 is 15.9 Å². The summed E-state index contributed by atoms with van der Waals surface area (Å²) >= 11 is 3.34. The SMILES string of the molecule is CC(C)(C)OC(=O)N1CC(Oc2nn(CC(=O)[O-])c(=O)c3ccc(Br)cc23)C1.[Na+]. The van der Waals surface area contributed by atoms with Gasteiger partial charge in [-0.05, 0) is 39.0 Å². The first-order valence-electron chi connectivity index (χ1n) is 8.58. The maximum atomic E-state index is 12.4. The number of rotatable bonds is 4. The van der Waals surface area contributed by atoms with E-state index in [1.807, 2.05) is 0 Å². The second-order valence-corrected chi connectivity index (χ2v) is 8.37. The summed E-state index contributed by atoms with van der Waals surface area (Å²) in [4.78, 5) is 36.9. The predicted molar refractivity (Wildman–Crippen MR) is 101 cm³/mol. The van der Waals surface area contributed by atoms with Crippen molar-refractivity contribution >= 4 is 38.8 Å². The molecule has 1 aromatic carbocycles. The number of hydrogen-bond acceptors (Lipinski definition) is 7. The van der Waals surface area contributed by atoms with Gasteiger partial charge < -0.3 is 24.3 Å².